The van der Waals surface area contributed by atoms with Crippen LogP contribution in [0.25, 0.3) is 0 Å². The molecule has 28 heavy (non-hydrogen) atoms. The summed E-state index contributed by atoms with van der Waals surface area (Å²) in [7, 11) is 1.26. The molecule has 0 fully saturated rings. The van der Waals surface area contributed by atoms with Gasteiger partial charge in [0.25, 0.3) is 11.8 Å². The molecule has 0 saturated carbocycles. The first-order valence-electron chi connectivity index (χ1n) is 8.39. The van der Waals surface area contributed by atoms with Gasteiger partial charge in [0.1, 0.15) is 5.69 Å². The highest BCUT2D eigenvalue weighted by atomic mass is 16.5. The number of hydrogen-bond acceptors (Lipinski definition) is 5. The lowest BCUT2D eigenvalue weighted by molar-refractivity contribution is 0.0601. The molecule has 0 atom stereocenters. The largest absolute Gasteiger partial charge is 0.465 e. The minimum Gasteiger partial charge on any atom is -0.465 e. The molecule has 7 nitrogen and oxygen atoms in total. The average molecular weight is 375 g/mol. The highest BCUT2D eigenvalue weighted by Crippen LogP contribution is 2.17. The Kier molecular flexibility index (Phi) is 5.76. The highest BCUT2D eigenvalue weighted by molar-refractivity contribution is 6.09. The molecule has 0 unspecified atom stereocenters. The number of anilines is 2. The van der Waals surface area contributed by atoms with E-state index < -0.39 is 11.9 Å². The topological polar surface area (TPSA) is 97.4 Å². The molecule has 0 aliphatic heterocycles. The third-order valence-corrected chi connectivity index (χ3v) is 3.87. The Morgan fingerprint density at radius 3 is 2.32 bits per heavy atom. The Bertz CT molecular complexity index is 1020. The van der Waals surface area contributed by atoms with Crippen molar-refractivity contribution in [3.63, 3.8) is 0 Å². The van der Waals surface area contributed by atoms with Crippen LogP contribution in [-0.2, 0) is 4.74 Å². The van der Waals surface area contributed by atoms with Gasteiger partial charge in [-0.2, -0.15) is 0 Å². The molecule has 1 aromatic heterocycles. The molecule has 2 amide bonds. The van der Waals surface area contributed by atoms with Crippen molar-refractivity contribution >= 4 is 29.2 Å². The lowest BCUT2D eigenvalue weighted by Gasteiger charge is -2.10. The van der Waals surface area contributed by atoms with Crippen LogP contribution in [-0.4, -0.2) is 29.9 Å². The zero-order valence-electron chi connectivity index (χ0n) is 15.0. The van der Waals surface area contributed by atoms with Crippen LogP contribution in [0.15, 0.2) is 72.9 Å². The van der Waals surface area contributed by atoms with Crippen LogP contribution in [0.3, 0.4) is 0 Å². The summed E-state index contributed by atoms with van der Waals surface area (Å²) >= 11 is 0. The Hall–Kier alpha value is -4.00. The van der Waals surface area contributed by atoms with Gasteiger partial charge in [0.05, 0.1) is 18.4 Å². The number of methoxy groups -OCH3 is 1. The molecule has 0 aliphatic rings. The number of para-hydroxylation sites is 2. The Balaban J connectivity index is 1.78. The van der Waals surface area contributed by atoms with E-state index >= 15 is 0 Å². The number of carbonyl (C=O) groups excluding carboxylic acids is 3. The third kappa shape index (κ3) is 4.39. The normalized spacial score (nSPS) is 10.0. The fraction of sp³-hybridized carbons (Fsp3) is 0.0476. The number of esters is 1. The van der Waals surface area contributed by atoms with Crippen LogP contribution in [0.2, 0.25) is 0 Å². The van der Waals surface area contributed by atoms with Gasteiger partial charge in [0.15, 0.2) is 0 Å². The van der Waals surface area contributed by atoms with Gasteiger partial charge in [-0.05, 0) is 36.4 Å². The van der Waals surface area contributed by atoms with E-state index in [1.54, 1.807) is 48.5 Å². The van der Waals surface area contributed by atoms with Crippen LogP contribution in [0.4, 0.5) is 11.4 Å². The van der Waals surface area contributed by atoms with Crippen molar-refractivity contribution in [3.8, 4) is 0 Å². The first kappa shape index (κ1) is 18.8. The standard InChI is InChI=1S/C21H17N3O4/c1-28-21(27)16-9-5-6-10-17(16)24-20(26)18-13-14(11-12-22-18)19(25)23-15-7-3-2-4-8-15/h2-13H,1H3,(H,23,25)(H,24,26). The highest BCUT2D eigenvalue weighted by Gasteiger charge is 2.16. The number of amides is 2. The zero-order chi connectivity index (χ0) is 19.9. The first-order valence-corrected chi connectivity index (χ1v) is 8.39. The summed E-state index contributed by atoms with van der Waals surface area (Å²) in [5.41, 5.74) is 1.48. The van der Waals surface area contributed by atoms with Crippen molar-refractivity contribution in [1.82, 2.24) is 4.98 Å². The molecule has 0 spiro atoms. The SMILES string of the molecule is COC(=O)c1ccccc1NC(=O)c1cc(C(=O)Nc2ccccc2)ccn1. The maximum absolute atomic E-state index is 12.6. The maximum atomic E-state index is 12.6. The van der Waals surface area contributed by atoms with Crippen molar-refractivity contribution in [2.75, 3.05) is 17.7 Å². The van der Waals surface area contributed by atoms with Crippen LogP contribution < -0.4 is 10.6 Å². The molecule has 140 valence electrons. The molecule has 2 N–H and O–H groups in total. The number of pyridine rings is 1. The summed E-state index contributed by atoms with van der Waals surface area (Å²) in [5.74, 6) is -1.48. The summed E-state index contributed by atoms with van der Waals surface area (Å²) in [6.07, 6.45) is 1.38. The lowest BCUT2D eigenvalue weighted by atomic mass is 10.1. The average Bonchev–Trinajstić information content (AvgIpc) is 2.74. The Labute approximate surface area is 161 Å². The fourth-order valence-electron chi connectivity index (χ4n) is 2.49. The summed E-state index contributed by atoms with van der Waals surface area (Å²) in [6.45, 7) is 0. The maximum Gasteiger partial charge on any atom is 0.339 e. The molecule has 2 aromatic carbocycles. The second-order valence-corrected chi connectivity index (χ2v) is 5.74. The second-order valence-electron chi connectivity index (χ2n) is 5.74. The third-order valence-electron chi connectivity index (χ3n) is 3.87. The van der Waals surface area contributed by atoms with E-state index in [0.29, 0.717) is 11.4 Å². The number of nitrogens with one attached hydrogen (secondary N) is 2. The fourth-order valence-corrected chi connectivity index (χ4v) is 2.49. The van der Waals surface area contributed by atoms with Gasteiger partial charge in [0, 0.05) is 17.4 Å². The van der Waals surface area contributed by atoms with Gasteiger partial charge in [-0.3, -0.25) is 14.6 Å². The number of nitrogens with zero attached hydrogens (tertiary/aromatic N) is 1. The van der Waals surface area contributed by atoms with Crippen molar-refractivity contribution in [3.05, 3.63) is 89.7 Å². The van der Waals surface area contributed by atoms with Crippen LogP contribution >= 0.6 is 0 Å². The quantitative estimate of drug-likeness (QED) is 0.667. The van der Waals surface area contributed by atoms with Gasteiger partial charge in [-0.25, -0.2) is 4.79 Å². The zero-order valence-corrected chi connectivity index (χ0v) is 15.0. The summed E-state index contributed by atoms with van der Waals surface area (Å²) < 4.78 is 4.71. The van der Waals surface area contributed by atoms with Crippen molar-refractivity contribution in [2.45, 2.75) is 0 Å². The molecular weight excluding hydrogens is 358 g/mol. The van der Waals surface area contributed by atoms with Crippen LogP contribution in [0.1, 0.15) is 31.2 Å². The number of hydrogen-bond donors (Lipinski definition) is 2. The van der Waals surface area contributed by atoms with E-state index in [2.05, 4.69) is 15.6 Å². The summed E-state index contributed by atoms with van der Waals surface area (Å²) in [4.78, 5) is 40.8. The molecule has 3 aromatic rings. The van der Waals surface area contributed by atoms with E-state index in [0.717, 1.165) is 0 Å². The number of aromatic nitrogens is 1. The van der Waals surface area contributed by atoms with E-state index in [9.17, 15) is 14.4 Å². The predicted octanol–water partition coefficient (Wildman–Crippen LogP) is 3.37. The number of rotatable bonds is 5. The molecule has 3 rings (SSSR count). The lowest BCUT2D eigenvalue weighted by Crippen LogP contribution is -2.18. The monoisotopic (exact) mass is 375 g/mol. The second kappa shape index (κ2) is 8.59. The van der Waals surface area contributed by atoms with E-state index in [-0.39, 0.29) is 22.7 Å². The van der Waals surface area contributed by atoms with E-state index in [4.69, 9.17) is 4.74 Å². The molecule has 0 aliphatic carbocycles. The van der Waals surface area contributed by atoms with Gasteiger partial charge < -0.3 is 15.4 Å². The smallest absolute Gasteiger partial charge is 0.339 e. The molecule has 0 bridgehead atoms. The minimum atomic E-state index is -0.570. The van der Waals surface area contributed by atoms with Crippen LogP contribution in [0, 0.1) is 0 Å². The molecule has 0 saturated heterocycles. The van der Waals surface area contributed by atoms with Gasteiger partial charge in [0.2, 0.25) is 0 Å². The molecular formula is C21H17N3O4. The molecule has 0 radical (unpaired) electrons. The van der Waals surface area contributed by atoms with Crippen molar-refractivity contribution < 1.29 is 19.1 Å². The van der Waals surface area contributed by atoms with Crippen LogP contribution in [0.5, 0.6) is 0 Å². The Morgan fingerprint density at radius 2 is 1.57 bits per heavy atom. The minimum absolute atomic E-state index is 0.0420. The van der Waals surface area contributed by atoms with Gasteiger partial charge in [-0.1, -0.05) is 30.3 Å². The van der Waals surface area contributed by atoms with E-state index in [1.807, 2.05) is 6.07 Å². The molecule has 7 heteroatoms. The number of carbonyl (C=O) groups is 3. The first-order chi connectivity index (χ1) is 13.6. The summed E-state index contributed by atoms with van der Waals surface area (Å²) in [5, 5.41) is 5.37. The van der Waals surface area contributed by atoms with E-state index in [1.165, 1.54) is 25.4 Å². The Morgan fingerprint density at radius 1 is 0.857 bits per heavy atom. The molecule has 1 heterocycles. The predicted molar refractivity (Wildman–Crippen MR) is 104 cm³/mol. The van der Waals surface area contributed by atoms with Gasteiger partial charge in [-0.15, -0.1) is 0 Å². The van der Waals surface area contributed by atoms with Crippen molar-refractivity contribution in [1.29, 1.82) is 0 Å². The van der Waals surface area contributed by atoms with Crippen molar-refractivity contribution in [2.24, 2.45) is 0 Å². The summed E-state index contributed by atoms with van der Waals surface area (Å²) in [6, 6.07) is 18.3. The van der Waals surface area contributed by atoms with Gasteiger partial charge >= 0.3 is 5.97 Å². The number of ether oxygens (including phenoxy) is 1. The number of benzene rings is 2.